The van der Waals surface area contributed by atoms with Gasteiger partial charge in [0.1, 0.15) is 30.2 Å². The summed E-state index contributed by atoms with van der Waals surface area (Å²) in [5.74, 6) is -0.952. The van der Waals surface area contributed by atoms with E-state index >= 15 is 0 Å². The Labute approximate surface area is 130 Å². The standard InChI is InChI=1S/C14H15NO8/c16-4-8-9(17)10(18)11(19)14(23-8)22-5-1-2-6-7(3-5)13(21)15-12(6)20/h1-3,8-11,14,16-19H,4H2,(H,15,20,21)/t8-,9-,10+,11-,14+/m1/s1. The second kappa shape index (κ2) is 5.87. The molecule has 0 unspecified atom stereocenters. The van der Waals surface area contributed by atoms with Gasteiger partial charge in [0.05, 0.1) is 17.7 Å². The van der Waals surface area contributed by atoms with Crippen molar-refractivity contribution in [3.05, 3.63) is 29.3 Å². The summed E-state index contributed by atoms with van der Waals surface area (Å²) in [5, 5.41) is 40.5. The molecule has 2 aliphatic rings. The molecule has 9 heteroatoms. The Balaban J connectivity index is 1.80. The van der Waals surface area contributed by atoms with Crippen LogP contribution in [-0.2, 0) is 4.74 Å². The van der Waals surface area contributed by atoms with Gasteiger partial charge in [-0.25, -0.2) is 0 Å². The van der Waals surface area contributed by atoms with Gasteiger partial charge in [0.15, 0.2) is 0 Å². The van der Waals surface area contributed by atoms with Gasteiger partial charge in [-0.05, 0) is 18.2 Å². The number of hydrogen-bond acceptors (Lipinski definition) is 8. The molecule has 5 N–H and O–H groups in total. The molecule has 0 aliphatic carbocycles. The molecule has 1 fully saturated rings. The van der Waals surface area contributed by atoms with E-state index in [1.54, 1.807) is 0 Å². The van der Waals surface area contributed by atoms with E-state index in [1.165, 1.54) is 18.2 Å². The molecule has 0 radical (unpaired) electrons. The van der Waals surface area contributed by atoms with E-state index in [4.69, 9.17) is 14.6 Å². The topological polar surface area (TPSA) is 146 Å². The Bertz CT molecular complexity index is 646. The number of fused-ring (bicyclic) bond motifs is 1. The van der Waals surface area contributed by atoms with Crippen molar-refractivity contribution >= 4 is 11.8 Å². The van der Waals surface area contributed by atoms with Crippen molar-refractivity contribution < 1.29 is 39.5 Å². The van der Waals surface area contributed by atoms with Crippen LogP contribution in [0.4, 0.5) is 0 Å². The lowest BCUT2D eigenvalue weighted by atomic mass is 9.99. The van der Waals surface area contributed by atoms with Crippen LogP contribution in [0.15, 0.2) is 18.2 Å². The smallest absolute Gasteiger partial charge is 0.259 e. The van der Waals surface area contributed by atoms with Crippen LogP contribution in [-0.4, -0.2) is 69.6 Å². The summed E-state index contributed by atoms with van der Waals surface area (Å²) in [7, 11) is 0. The summed E-state index contributed by atoms with van der Waals surface area (Å²) in [6.45, 7) is -0.577. The second-order valence-corrected chi connectivity index (χ2v) is 5.31. The Morgan fingerprint density at radius 1 is 1.04 bits per heavy atom. The first-order valence-electron chi connectivity index (χ1n) is 6.89. The highest BCUT2D eigenvalue weighted by molar-refractivity contribution is 6.21. The number of amides is 2. The first-order chi connectivity index (χ1) is 10.9. The minimum atomic E-state index is -1.56. The number of carbonyl (C=O) groups is 2. The number of nitrogens with one attached hydrogen (secondary N) is 1. The van der Waals surface area contributed by atoms with E-state index in [0.717, 1.165) is 0 Å². The average Bonchev–Trinajstić information content (AvgIpc) is 2.82. The van der Waals surface area contributed by atoms with Gasteiger partial charge in [0.25, 0.3) is 11.8 Å². The van der Waals surface area contributed by atoms with Crippen LogP contribution in [0.1, 0.15) is 20.7 Å². The zero-order valence-corrected chi connectivity index (χ0v) is 11.7. The molecule has 124 valence electrons. The van der Waals surface area contributed by atoms with Crippen LogP contribution in [0.2, 0.25) is 0 Å². The predicted octanol–water partition coefficient (Wildman–Crippen LogP) is -2.25. The minimum Gasteiger partial charge on any atom is -0.462 e. The minimum absolute atomic E-state index is 0.122. The number of carbonyl (C=O) groups excluding carboxylic acids is 2. The van der Waals surface area contributed by atoms with Crippen molar-refractivity contribution in [2.24, 2.45) is 0 Å². The molecule has 5 atom stereocenters. The third-order valence-corrected chi connectivity index (χ3v) is 3.81. The van der Waals surface area contributed by atoms with Gasteiger partial charge in [0.2, 0.25) is 6.29 Å². The molecule has 3 rings (SSSR count). The van der Waals surface area contributed by atoms with Crippen LogP contribution in [0, 0.1) is 0 Å². The van der Waals surface area contributed by atoms with Gasteiger partial charge < -0.3 is 29.9 Å². The molecule has 0 spiro atoms. The highest BCUT2D eigenvalue weighted by Crippen LogP contribution is 2.27. The summed E-state index contributed by atoms with van der Waals surface area (Å²) in [6.07, 6.45) is -7.07. The third kappa shape index (κ3) is 2.69. The Hall–Kier alpha value is -2.04. The van der Waals surface area contributed by atoms with Crippen LogP contribution in [0.3, 0.4) is 0 Å². The normalized spacial score (nSPS) is 33.3. The van der Waals surface area contributed by atoms with E-state index < -0.39 is 49.1 Å². The van der Waals surface area contributed by atoms with Crippen LogP contribution in [0.5, 0.6) is 5.75 Å². The molecule has 0 bridgehead atoms. The molecular formula is C14H15NO8. The van der Waals surface area contributed by atoms with Crippen molar-refractivity contribution in [2.75, 3.05) is 6.61 Å². The van der Waals surface area contributed by atoms with E-state index in [-0.39, 0.29) is 16.9 Å². The fraction of sp³-hybridized carbons (Fsp3) is 0.429. The Morgan fingerprint density at radius 2 is 1.74 bits per heavy atom. The largest absolute Gasteiger partial charge is 0.462 e. The van der Waals surface area contributed by atoms with Gasteiger partial charge in [0, 0.05) is 0 Å². The van der Waals surface area contributed by atoms with Crippen molar-refractivity contribution in [1.29, 1.82) is 0 Å². The number of hydrogen-bond donors (Lipinski definition) is 5. The molecule has 2 amide bonds. The SMILES string of the molecule is O=C1NC(=O)c2cc(O[C@H]3O[C@H](CO)[C@@H](O)[C@H](O)[C@H]3O)ccc21. The quantitative estimate of drug-likeness (QED) is 0.392. The highest BCUT2D eigenvalue weighted by Gasteiger charge is 2.44. The van der Waals surface area contributed by atoms with Crippen LogP contribution in [0.25, 0.3) is 0 Å². The first-order valence-corrected chi connectivity index (χ1v) is 6.89. The van der Waals surface area contributed by atoms with Crippen LogP contribution >= 0.6 is 0 Å². The van der Waals surface area contributed by atoms with E-state index in [0.29, 0.717) is 0 Å². The van der Waals surface area contributed by atoms with Gasteiger partial charge in [-0.3, -0.25) is 14.9 Å². The third-order valence-electron chi connectivity index (χ3n) is 3.81. The van der Waals surface area contributed by atoms with Gasteiger partial charge in [-0.15, -0.1) is 0 Å². The molecule has 2 heterocycles. The zero-order valence-electron chi connectivity index (χ0n) is 11.7. The maximum absolute atomic E-state index is 11.6. The van der Waals surface area contributed by atoms with E-state index in [2.05, 4.69) is 5.32 Å². The number of rotatable bonds is 3. The monoisotopic (exact) mass is 325 g/mol. The fourth-order valence-corrected chi connectivity index (χ4v) is 2.52. The van der Waals surface area contributed by atoms with Crippen molar-refractivity contribution in [3.8, 4) is 5.75 Å². The summed E-state index contributed by atoms with van der Waals surface area (Å²) in [5.41, 5.74) is 0.327. The highest BCUT2D eigenvalue weighted by atomic mass is 16.7. The average molecular weight is 325 g/mol. The van der Waals surface area contributed by atoms with Gasteiger partial charge in [-0.1, -0.05) is 0 Å². The molecule has 0 aromatic heterocycles. The van der Waals surface area contributed by atoms with Crippen molar-refractivity contribution in [3.63, 3.8) is 0 Å². The fourth-order valence-electron chi connectivity index (χ4n) is 2.52. The summed E-state index contributed by atoms with van der Waals surface area (Å²) in [6, 6.07) is 4.09. The molecule has 2 aliphatic heterocycles. The molecule has 1 aromatic carbocycles. The molecule has 1 aromatic rings. The zero-order chi connectivity index (χ0) is 16.7. The lowest BCUT2D eigenvalue weighted by Crippen LogP contribution is -2.60. The first kappa shape index (κ1) is 15.8. The number of aliphatic hydroxyl groups excluding tert-OH is 4. The lowest BCUT2D eigenvalue weighted by Gasteiger charge is -2.39. The summed E-state index contributed by atoms with van der Waals surface area (Å²) in [4.78, 5) is 23.1. The van der Waals surface area contributed by atoms with Crippen molar-refractivity contribution in [1.82, 2.24) is 5.32 Å². The van der Waals surface area contributed by atoms with E-state index in [1.807, 2.05) is 0 Å². The summed E-state index contributed by atoms with van der Waals surface area (Å²) < 4.78 is 10.6. The maximum atomic E-state index is 11.6. The number of benzene rings is 1. The number of ether oxygens (including phenoxy) is 2. The van der Waals surface area contributed by atoms with Gasteiger partial charge in [-0.2, -0.15) is 0 Å². The van der Waals surface area contributed by atoms with Crippen molar-refractivity contribution in [2.45, 2.75) is 30.7 Å². The molecule has 23 heavy (non-hydrogen) atoms. The number of imide groups is 1. The Morgan fingerprint density at radius 3 is 2.43 bits per heavy atom. The van der Waals surface area contributed by atoms with Gasteiger partial charge >= 0.3 is 0 Å². The molecule has 0 saturated carbocycles. The lowest BCUT2D eigenvalue weighted by molar-refractivity contribution is -0.277. The predicted molar refractivity (Wildman–Crippen MR) is 72.6 cm³/mol. The second-order valence-electron chi connectivity index (χ2n) is 5.31. The van der Waals surface area contributed by atoms with Crippen LogP contribution < -0.4 is 10.1 Å². The number of aliphatic hydroxyl groups is 4. The molecular weight excluding hydrogens is 310 g/mol. The maximum Gasteiger partial charge on any atom is 0.259 e. The summed E-state index contributed by atoms with van der Waals surface area (Å²) >= 11 is 0. The Kier molecular flexibility index (Phi) is 4.04. The molecule has 1 saturated heterocycles. The molecule has 9 nitrogen and oxygen atoms in total. The van der Waals surface area contributed by atoms with E-state index in [9.17, 15) is 24.9 Å².